The smallest absolute Gasteiger partial charge is 0.471 e. The van der Waals surface area contributed by atoms with Crippen molar-refractivity contribution in [3.8, 4) is 17.2 Å². The number of ketones is 3. The van der Waals surface area contributed by atoms with E-state index >= 15 is 0 Å². The van der Waals surface area contributed by atoms with Gasteiger partial charge in [-0.25, -0.2) is 0 Å². The Balaban J connectivity index is 1.42. The second-order valence-corrected chi connectivity index (χ2v) is 13.6. The largest absolute Gasteiger partial charge is 0.507 e. The third kappa shape index (κ3) is 6.57. The number of aliphatic hydroxyl groups is 2. The zero-order valence-corrected chi connectivity index (χ0v) is 27.8. The Labute approximate surface area is 292 Å². The Morgan fingerprint density at radius 3 is 2.37 bits per heavy atom. The predicted octanol–water partition coefficient (Wildman–Crippen LogP) is 3.52. The number of methoxy groups -OCH3 is 1. The molecule has 0 unspecified atom stereocenters. The van der Waals surface area contributed by atoms with Crippen LogP contribution in [0.3, 0.4) is 0 Å². The molecule has 6 rings (SSSR count). The summed E-state index contributed by atoms with van der Waals surface area (Å²) < 4.78 is 56.3. The average Bonchev–Trinajstić information content (AvgIpc) is 3.09. The Kier molecular flexibility index (Phi) is 9.67. The number of phenols is 2. The first-order valence-corrected chi connectivity index (χ1v) is 16.7. The standard InChI is InChI=1S/C35H32F3NO11S/c1-15-28(41)19(39-33(46)35(36,37)38)11-23(49-15)50-21-13-34(47,22(40)14-51-16-7-4-3-5-8-16)12-18-25(21)32(45)27-26(30(18)43)29(42)17-9-6-10-20(48-2)24(17)31(27)44/h3-10,15,19,21,23,28,41,43,45,47H,11-14H2,1-2H3,(H,39,46)/t15-,19-,21-,23-,28+,34-/m0/s1. The highest BCUT2D eigenvalue weighted by atomic mass is 32.2. The number of alkyl halides is 3. The highest BCUT2D eigenvalue weighted by molar-refractivity contribution is 8.00. The summed E-state index contributed by atoms with van der Waals surface area (Å²) in [5, 5.41) is 47.6. The van der Waals surface area contributed by atoms with Crippen LogP contribution in [0.5, 0.6) is 17.2 Å². The number of aromatic hydroxyl groups is 2. The molecule has 270 valence electrons. The second kappa shape index (κ2) is 13.6. The van der Waals surface area contributed by atoms with Gasteiger partial charge in [0.05, 0.1) is 47.8 Å². The van der Waals surface area contributed by atoms with Crippen molar-refractivity contribution in [2.75, 3.05) is 12.9 Å². The van der Waals surface area contributed by atoms with Crippen LogP contribution in [0.1, 0.15) is 68.8 Å². The van der Waals surface area contributed by atoms with Crippen LogP contribution in [-0.4, -0.2) is 92.9 Å². The summed E-state index contributed by atoms with van der Waals surface area (Å²) in [6.07, 6.45) is -12.9. The summed E-state index contributed by atoms with van der Waals surface area (Å²) in [6, 6.07) is 11.5. The molecule has 1 aliphatic heterocycles. The van der Waals surface area contributed by atoms with Gasteiger partial charge in [0.1, 0.15) is 29.0 Å². The fourth-order valence-corrected chi connectivity index (χ4v) is 7.68. The number of nitrogens with one attached hydrogen (secondary N) is 1. The summed E-state index contributed by atoms with van der Waals surface area (Å²) in [4.78, 5) is 53.9. The zero-order chi connectivity index (χ0) is 37.0. The van der Waals surface area contributed by atoms with E-state index in [-0.39, 0.29) is 33.8 Å². The molecular formula is C35H32F3NO11S. The molecular weight excluding hydrogens is 699 g/mol. The number of rotatable bonds is 8. The molecule has 3 aromatic rings. The van der Waals surface area contributed by atoms with E-state index in [9.17, 15) is 52.8 Å². The number of aliphatic hydroxyl groups excluding tert-OH is 1. The number of hydrogen-bond donors (Lipinski definition) is 5. The van der Waals surface area contributed by atoms with Crippen molar-refractivity contribution in [2.24, 2.45) is 0 Å². The van der Waals surface area contributed by atoms with Crippen LogP contribution in [0.4, 0.5) is 13.2 Å². The number of fused-ring (bicyclic) bond motifs is 3. The molecule has 1 fully saturated rings. The minimum Gasteiger partial charge on any atom is -0.507 e. The van der Waals surface area contributed by atoms with E-state index in [1.54, 1.807) is 35.6 Å². The molecule has 6 atom stereocenters. The van der Waals surface area contributed by atoms with E-state index in [4.69, 9.17) is 14.2 Å². The fraction of sp³-hybridized carbons (Fsp3) is 0.371. The molecule has 5 N–H and O–H groups in total. The molecule has 1 saturated heterocycles. The Morgan fingerprint density at radius 1 is 1.02 bits per heavy atom. The lowest BCUT2D eigenvalue weighted by Crippen LogP contribution is -2.57. The van der Waals surface area contributed by atoms with Crippen molar-refractivity contribution < 1.29 is 67.0 Å². The van der Waals surface area contributed by atoms with E-state index in [1.165, 1.54) is 32.2 Å². The maximum absolute atomic E-state index is 13.9. The molecule has 1 heterocycles. The molecule has 0 spiro atoms. The minimum absolute atomic E-state index is 0.0203. The number of benzene rings is 3. The number of phenolic OH excluding ortho intramolecular Hbond substituents is 2. The molecule has 1 amide bonds. The molecule has 51 heavy (non-hydrogen) atoms. The van der Waals surface area contributed by atoms with Crippen molar-refractivity contribution in [1.82, 2.24) is 5.32 Å². The van der Waals surface area contributed by atoms with E-state index < -0.39 is 108 Å². The highest BCUT2D eigenvalue weighted by Gasteiger charge is 2.51. The van der Waals surface area contributed by atoms with E-state index in [1.807, 2.05) is 0 Å². The molecule has 16 heteroatoms. The van der Waals surface area contributed by atoms with Gasteiger partial charge in [-0.1, -0.05) is 30.3 Å². The number of carbonyl (C=O) groups excluding carboxylic acids is 4. The molecule has 3 aliphatic rings. The maximum Gasteiger partial charge on any atom is 0.471 e. The number of thioether (sulfide) groups is 1. The topological polar surface area (TPSA) is 189 Å². The molecule has 3 aromatic carbocycles. The van der Waals surface area contributed by atoms with E-state index in [2.05, 4.69) is 0 Å². The third-order valence-corrected chi connectivity index (χ3v) is 10.3. The number of hydrogen-bond acceptors (Lipinski definition) is 12. The van der Waals surface area contributed by atoms with Crippen LogP contribution in [0.2, 0.25) is 0 Å². The molecule has 2 aliphatic carbocycles. The first-order chi connectivity index (χ1) is 24.1. The van der Waals surface area contributed by atoms with Crippen LogP contribution in [0, 0.1) is 0 Å². The van der Waals surface area contributed by atoms with Gasteiger partial charge in [0.25, 0.3) is 0 Å². The van der Waals surface area contributed by atoms with Gasteiger partial charge < -0.3 is 40.0 Å². The van der Waals surface area contributed by atoms with Gasteiger partial charge >= 0.3 is 12.1 Å². The number of amides is 1. The fourth-order valence-electron chi connectivity index (χ4n) is 6.76. The number of carbonyl (C=O) groups is 4. The van der Waals surface area contributed by atoms with Gasteiger partial charge in [-0.05, 0) is 25.1 Å². The molecule has 0 aromatic heterocycles. The summed E-state index contributed by atoms with van der Waals surface area (Å²) in [7, 11) is 1.28. The van der Waals surface area contributed by atoms with Gasteiger partial charge in [-0.15, -0.1) is 11.8 Å². The first-order valence-electron chi connectivity index (χ1n) is 15.7. The minimum atomic E-state index is -5.26. The van der Waals surface area contributed by atoms with Crippen LogP contribution >= 0.6 is 11.8 Å². The Morgan fingerprint density at radius 2 is 1.71 bits per heavy atom. The average molecular weight is 732 g/mol. The molecule has 0 saturated carbocycles. The SMILES string of the molecule is COc1cccc2c1C(=O)c1c(O)c3c(c(O)c1C2=O)C[C@@](O)(C(=O)CSc1ccccc1)C[C@@H]3O[C@H]1C[C@H](NC(=O)C(F)(F)F)[C@H](O)[C@H](C)O1. The van der Waals surface area contributed by atoms with Crippen molar-refractivity contribution in [2.45, 2.75) is 73.5 Å². The lowest BCUT2D eigenvalue weighted by molar-refractivity contribution is -0.250. The van der Waals surface area contributed by atoms with Crippen molar-refractivity contribution in [1.29, 1.82) is 0 Å². The van der Waals surface area contributed by atoms with Crippen LogP contribution in [0.15, 0.2) is 53.4 Å². The number of ether oxygens (including phenoxy) is 3. The first kappa shape index (κ1) is 36.3. The predicted molar refractivity (Wildman–Crippen MR) is 172 cm³/mol. The van der Waals surface area contributed by atoms with Crippen LogP contribution in [-0.2, 0) is 25.5 Å². The highest BCUT2D eigenvalue weighted by Crippen LogP contribution is 2.52. The van der Waals surface area contributed by atoms with Gasteiger partial charge in [0.2, 0.25) is 5.78 Å². The van der Waals surface area contributed by atoms with Gasteiger partial charge in [0.15, 0.2) is 17.9 Å². The molecule has 0 radical (unpaired) electrons. The monoisotopic (exact) mass is 731 g/mol. The van der Waals surface area contributed by atoms with E-state index in [0.717, 1.165) is 11.8 Å². The third-order valence-electron chi connectivity index (χ3n) is 9.30. The van der Waals surface area contributed by atoms with Crippen molar-refractivity contribution >= 4 is 35.0 Å². The lowest BCUT2D eigenvalue weighted by atomic mass is 9.72. The van der Waals surface area contributed by atoms with Crippen LogP contribution < -0.4 is 10.1 Å². The van der Waals surface area contributed by atoms with Gasteiger partial charge in [0, 0.05) is 40.8 Å². The second-order valence-electron chi connectivity index (χ2n) is 12.5. The normalized spacial score (nSPS) is 25.7. The Bertz CT molecular complexity index is 1920. The summed E-state index contributed by atoms with van der Waals surface area (Å²) in [6.45, 7) is 1.32. The van der Waals surface area contributed by atoms with Crippen molar-refractivity contribution in [3.63, 3.8) is 0 Å². The molecule has 12 nitrogen and oxygen atoms in total. The summed E-state index contributed by atoms with van der Waals surface area (Å²) >= 11 is 1.12. The van der Waals surface area contributed by atoms with Crippen molar-refractivity contribution in [3.05, 3.63) is 81.9 Å². The van der Waals surface area contributed by atoms with Gasteiger partial charge in [-0.3, -0.25) is 19.2 Å². The quantitative estimate of drug-likeness (QED) is 0.131. The summed E-state index contributed by atoms with van der Waals surface area (Å²) in [5.74, 6) is -6.55. The maximum atomic E-state index is 13.9. The Hall–Kier alpha value is -4.48. The van der Waals surface area contributed by atoms with Crippen LogP contribution in [0.25, 0.3) is 0 Å². The lowest BCUT2D eigenvalue weighted by Gasteiger charge is -2.43. The summed E-state index contributed by atoms with van der Waals surface area (Å²) in [5.41, 5.74) is -4.27. The number of halogens is 3. The van der Waals surface area contributed by atoms with Gasteiger partial charge in [-0.2, -0.15) is 13.2 Å². The molecule has 0 bridgehead atoms. The number of Topliss-reactive ketones (excluding diaryl/α,β-unsaturated/α-hetero) is 1. The zero-order valence-electron chi connectivity index (χ0n) is 27.0. The van der Waals surface area contributed by atoms with E-state index in [0.29, 0.717) is 4.90 Å².